The summed E-state index contributed by atoms with van der Waals surface area (Å²) >= 11 is 0. The predicted molar refractivity (Wildman–Crippen MR) is 112 cm³/mol. The Morgan fingerprint density at radius 2 is 1.94 bits per heavy atom. The molecule has 0 bridgehead atoms. The van der Waals surface area contributed by atoms with E-state index in [1.54, 1.807) is 48.8 Å². The van der Waals surface area contributed by atoms with Crippen molar-refractivity contribution >= 4 is 17.7 Å². The van der Waals surface area contributed by atoms with Crippen LogP contribution in [-0.2, 0) is 11.4 Å². The lowest BCUT2D eigenvalue weighted by molar-refractivity contribution is -0.111. The van der Waals surface area contributed by atoms with Crippen LogP contribution >= 0.6 is 0 Å². The summed E-state index contributed by atoms with van der Waals surface area (Å²) in [5, 5.41) is 2.70. The zero-order chi connectivity index (χ0) is 22.1. The molecule has 3 rings (SSSR count). The number of ether oxygens (including phenoxy) is 3. The van der Waals surface area contributed by atoms with Crippen LogP contribution in [0, 0.1) is 0 Å². The summed E-state index contributed by atoms with van der Waals surface area (Å²) in [6.45, 7) is -2.67. The third-order valence-corrected chi connectivity index (χ3v) is 4.10. The van der Waals surface area contributed by atoms with Crippen LogP contribution in [0.15, 0.2) is 73.1 Å². The summed E-state index contributed by atoms with van der Waals surface area (Å²) in [4.78, 5) is 16.3. The van der Waals surface area contributed by atoms with Crippen LogP contribution in [0.3, 0.4) is 0 Å². The fourth-order valence-electron chi connectivity index (χ4n) is 2.68. The highest BCUT2D eigenvalue weighted by atomic mass is 19.3. The number of aromatic nitrogens is 1. The molecule has 1 amide bonds. The van der Waals surface area contributed by atoms with Crippen LogP contribution in [0.4, 0.5) is 14.5 Å². The number of pyridine rings is 1. The molecule has 0 aliphatic rings. The van der Waals surface area contributed by atoms with E-state index >= 15 is 0 Å². The van der Waals surface area contributed by atoms with E-state index in [0.717, 1.165) is 5.56 Å². The molecule has 6 nitrogen and oxygen atoms in total. The Labute approximate surface area is 178 Å². The fraction of sp³-hybridized carbons (Fsp3) is 0.130. The number of para-hydroxylation sites is 1. The number of nitrogens with zero attached hydrogens (tertiary/aromatic N) is 1. The van der Waals surface area contributed by atoms with E-state index in [1.807, 2.05) is 12.1 Å². The van der Waals surface area contributed by atoms with Gasteiger partial charge in [0.2, 0.25) is 5.91 Å². The van der Waals surface area contributed by atoms with Gasteiger partial charge in [-0.15, -0.1) is 0 Å². The van der Waals surface area contributed by atoms with Gasteiger partial charge in [0.15, 0.2) is 11.5 Å². The van der Waals surface area contributed by atoms with Crippen molar-refractivity contribution in [1.82, 2.24) is 4.98 Å². The molecule has 3 aromatic rings. The third-order valence-electron chi connectivity index (χ3n) is 4.10. The molecule has 0 aliphatic heterocycles. The lowest BCUT2D eigenvalue weighted by Gasteiger charge is -2.12. The summed E-state index contributed by atoms with van der Waals surface area (Å²) in [5.41, 5.74) is 1.72. The molecule has 1 heterocycles. The number of carbonyl (C=O) groups excluding carboxylic acids is 1. The number of hydrogen-bond acceptors (Lipinski definition) is 5. The molecule has 160 valence electrons. The summed E-state index contributed by atoms with van der Waals surface area (Å²) < 4.78 is 40.6. The first-order valence-electron chi connectivity index (χ1n) is 9.28. The highest BCUT2D eigenvalue weighted by Crippen LogP contribution is 2.31. The van der Waals surface area contributed by atoms with Crippen molar-refractivity contribution in [2.45, 2.75) is 13.2 Å². The smallest absolute Gasteiger partial charge is 0.387 e. The molecule has 1 N–H and O–H groups in total. The summed E-state index contributed by atoms with van der Waals surface area (Å²) in [6, 6.07) is 14.9. The maximum atomic E-state index is 12.5. The van der Waals surface area contributed by atoms with Gasteiger partial charge in [0.05, 0.1) is 7.11 Å². The molecule has 0 spiro atoms. The first kappa shape index (κ1) is 21.8. The Morgan fingerprint density at radius 3 is 2.68 bits per heavy atom. The maximum absolute atomic E-state index is 12.5. The second-order valence-corrected chi connectivity index (χ2v) is 6.25. The average molecular weight is 426 g/mol. The molecule has 0 radical (unpaired) electrons. The van der Waals surface area contributed by atoms with Crippen molar-refractivity contribution in [1.29, 1.82) is 0 Å². The second-order valence-electron chi connectivity index (χ2n) is 6.25. The zero-order valence-electron chi connectivity index (χ0n) is 16.6. The summed E-state index contributed by atoms with van der Waals surface area (Å²) in [5.74, 6) is 0.492. The van der Waals surface area contributed by atoms with E-state index in [-0.39, 0.29) is 12.4 Å². The minimum atomic E-state index is -2.95. The standard InChI is InChI=1S/C23H20F2N2O4/c1-29-20-10-9-18(13-21(20)30-15-16-5-4-12-26-14-16)27-22(28)11-8-17-6-2-3-7-19(17)31-23(24)25/h2-14,23H,15H2,1H3,(H,27,28)/b11-8+. The second kappa shape index (κ2) is 10.7. The van der Waals surface area contributed by atoms with E-state index in [0.29, 0.717) is 22.7 Å². The van der Waals surface area contributed by atoms with Crippen LogP contribution in [0.2, 0.25) is 0 Å². The molecule has 8 heteroatoms. The monoisotopic (exact) mass is 426 g/mol. The molecular formula is C23H20F2N2O4. The number of methoxy groups -OCH3 is 1. The number of hydrogen-bond donors (Lipinski definition) is 1. The molecule has 31 heavy (non-hydrogen) atoms. The molecule has 0 saturated carbocycles. The first-order chi connectivity index (χ1) is 15.0. The van der Waals surface area contributed by atoms with Gasteiger partial charge in [-0.05, 0) is 30.3 Å². The number of rotatable bonds is 9. The van der Waals surface area contributed by atoms with Crippen LogP contribution in [0.1, 0.15) is 11.1 Å². The topological polar surface area (TPSA) is 69.7 Å². The van der Waals surface area contributed by atoms with Gasteiger partial charge >= 0.3 is 6.61 Å². The lowest BCUT2D eigenvalue weighted by atomic mass is 10.2. The normalized spacial score (nSPS) is 10.8. The molecule has 0 fully saturated rings. The largest absolute Gasteiger partial charge is 0.493 e. The van der Waals surface area contributed by atoms with Crippen molar-refractivity contribution in [3.8, 4) is 17.2 Å². The van der Waals surface area contributed by atoms with E-state index < -0.39 is 12.5 Å². The lowest BCUT2D eigenvalue weighted by Crippen LogP contribution is -2.08. The van der Waals surface area contributed by atoms with Gasteiger partial charge in [0, 0.05) is 41.4 Å². The Kier molecular flexibility index (Phi) is 7.53. The molecule has 0 aliphatic carbocycles. The van der Waals surface area contributed by atoms with Gasteiger partial charge in [0.1, 0.15) is 12.4 Å². The van der Waals surface area contributed by atoms with E-state index in [2.05, 4.69) is 15.0 Å². The van der Waals surface area contributed by atoms with Crippen molar-refractivity contribution in [3.63, 3.8) is 0 Å². The molecule has 0 saturated heterocycles. The van der Waals surface area contributed by atoms with Gasteiger partial charge in [-0.3, -0.25) is 9.78 Å². The van der Waals surface area contributed by atoms with Crippen molar-refractivity contribution in [3.05, 3.63) is 84.2 Å². The highest BCUT2D eigenvalue weighted by molar-refractivity contribution is 6.02. The molecule has 2 aromatic carbocycles. The Bertz CT molecular complexity index is 1040. The third kappa shape index (κ3) is 6.53. The predicted octanol–water partition coefficient (Wildman–Crippen LogP) is 4.92. The fourth-order valence-corrected chi connectivity index (χ4v) is 2.68. The van der Waals surface area contributed by atoms with Gasteiger partial charge in [0.25, 0.3) is 0 Å². The van der Waals surface area contributed by atoms with Gasteiger partial charge < -0.3 is 19.5 Å². The average Bonchev–Trinajstić information content (AvgIpc) is 2.77. The van der Waals surface area contributed by atoms with Gasteiger partial charge in [-0.1, -0.05) is 24.3 Å². The maximum Gasteiger partial charge on any atom is 0.387 e. The van der Waals surface area contributed by atoms with Crippen molar-refractivity contribution < 1.29 is 27.8 Å². The minimum absolute atomic E-state index is 0.0166. The SMILES string of the molecule is COc1ccc(NC(=O)/C=C/c2ccccc2OC(F)F)cc1OCc1cccnc1. The van der Waals surface area contributed by atoms with E-state index in [9.17, 15) is 13.6 Å². The minimum Gasteiger partial charge on any atom is -0.493 e. The number of nitrogens with one attached hydrogen (secondary N) is 1. The Hall–Kier alpha value is -3.94. The van der Waals surface area contributed by atoms with Crippen LogP contribution in [-0.4, -0.2) is 24.6 Å². The van der Waals surface area contributed by atoms with Gasteiger partial charge in [-0.2, -0.15) is 8.78 Å². The summed E-state index contributed by atoms with van der Waals surface area (Å²) in [6.07, 6.45) is 5.99. The molecule has 0 atom stereocenters. The zero-order valence-corrected chi connectivity index (χ0v) is 16.6. The Morgan fingerprint density at radius 1 is 1.10 bits per heavy atom. The number of benzene rings is 2. The quantitative estimate of drug-likeness (QED) is 0.492. The van der Waals surface area contributed by atoms with Crippen LogP contribution in [0.5, 0.6) is 17.2 Å². The first-order valence-corrected chi connectivity index (χ1v) is 9.28. The van der Waals surface area contributed by atoms with Gasteiger partial charge in [-0.25, -0.2) is 0 Å². The van der Waals surface area contributed by atoms with E-state index in [1.165, 1.54) is 25.3 Å². The number of amides is 1. The van der Waals surface area contributed by atoms with Crippen LogP contribution in [0.25, 0.3) is 6.08 Å². The molecule has 1 aromatic heterocycles. The number of halogens is 2. The highest BCUT2D eigenvalue weighted by Gasteiger charge is 2.09. The van der Waals surface area contributed by atoms with Crippen molar-refractivity contribution in [2.75, 3.05) is 12.4 Å². The van der Waals surface area contributed by atoms with Crippen LogP contribution < -0.4 is 19.5 Å². The summed E-state index contributed by atoms with van der Waals surface area (Å²) in [7, 11) is 1.52. The molecule has 0 unspecified atom stereocenters. The number of carbonyl (C=O) groups is 1. The number of alkyl halides is 2. The number of anilines is 1. The van der Waals surface area contributed by atoms with E-state index in [4.69, 9.17) is 9.47 Å². The Balaban J connectivity index is 1.68. The molecular weight excluding hydrogens is 406 g/mol. The van der Waals surface area contributed by atoms with Crippen molar-refractivity contribution in [2.24, 2.45) is 0 Å².